The minimum absolute atomic E-state index is 0.117. The maximum atomic E-state index is 13.5. The van der Waals surface area contributed by atoms with E-state index in [9.17, 15) is 18.4 Å². The number of imidazole rings is 1. The van der Waals surface area contributed by atoms with E-state index in [2.05, 4.69) is 10.3 Å². The lowest BCUT2D eigenvalue weighted by Gasteiger charge is -2.16. The molecule has 1 aromatic heterocycles. The Morgan fingerprint density at radius 2 is 1.83 bits per heavy atom. The smallest absolute Gasteiger partial charge is 0.253 e. The predicted octanol–water partition coefficient (Wildman–Crippen LogP) is 4.48. The second-order valence-electron chi connectivity index (χ2n) is 8.26. The lowest BCUT2D eigenvalue weighted by atomic mass is 10.1. The van der Waals surface area contributed by atoms with Crippen molar-refractivity contribution in [3.8, 4) is 5.75 Å². The zero-order valence-electron chi connectivity index (χ0n) is 18.9. The van der Waals surface area contributed by atoms with Crippen molar-refractivity contribution in [2.24, 2.45) is 0 Å². The summed E-state index contributed by atoms with van der Waals surface area (Å²) < 4.78 is 33.7. The molecule has 0 spiro atoms. The number of hydrogen-bond acceptors (Lipinski definition) is 4. The lowest BCUT2D eigenvalue weighted by molar-refractivity contribution is -0.124. The highest BCUT2D eigenvalue weighted by Crippen LogP contribution is 2.36. The summed E-state index contributed by atoms with van der Waals surface area (Å²) in [6.45, 7) is 0.385. The molecule has 1 unspecified atom stereocenters. The van der Waals surface area contributed by atoms with Crippen LogP contribution in [-0.2, 0) is 16.0 Å². The summed E-state index contributed by atoms with van der Waals surface area (Å²) in [6, 6.07) is 17.3. The molecule has 0 aliphatic carbocycles. The molecule has 0 saturated carbocycles. The highest BCUT2D eigenvalue weighted by atomic mass is 19.2. The molecule has 0 radical (unpaired) electrons. The van der Waals surface area contributed by atoms with Crippen LogP contribution in [0.1, 0.15) is 18.0 Å². The summed E-state index contributed by atoms with van der Waals surface area (Å²) in [5.74, 6) is -1.57. The molecule has 5 rings (SSSR count). The average molecular weight is 476 g/mol. The number of hydrogen-bond donors (Lipinski definition) is 1. The minimum atomic E-state index is -1.06. The molecule has 2 heterocycles. The van der Waals surface area contributed by atoms with Crippen LogP contribution in [0.2, 0.25) is 0 Å². The van der Waals surface area contributed by atoms with Gasteiger partial charge in [0.15, 0.2) is 11.6 Å². The molecular formula is C26H22F2N4O3. The van der Waals surface area contributed by atoms with Crippen LogP contribution in [0.4, 0.5) is 20.4 Å². The second-order valence-corrected chi connectivity index (χ2v) is 8.26. The van der Waals surface area contributed by atoms with Crippen molar-refractivity contribution in [1.29, 1.82) is 0 Å². The van der Waals surface area contributed by atoms with Crippen LogP contribution < -0.4 is 15.0 Å². The van der Waals surface area contributed by atoms with Gasteiger partial charge in [-0.15, -0.1) is 0 Å². The topological polar surface area (TPSA) is 76.5 Å². The number of anilines is 2. The number of para-hydroxylation sites is 2. The number of carbonyl (C=O) groups is 2. The Kier molecular flexibility index (Phi) is 5.90. The van der Waals surface area contributed by atoms with Crippen molar-refractivity contribution in [2.75, 3.05) is 23.9 Å². The summed E-state index contributed by atoms with van der Waals surface area (Å²) in [5, 5.41) is 2.55. The Bertz CT molecular complexity index is 1420. The van der Waals surface area contributed by atoms with Crippen LogP contribution in [0, 0.1) is 11.6 Å². The monoisotopic (exact) mass is 476 g/mol. The zero-order chi connectivity index (χ0) is 24.5. The molecule has 35 heavy (non-hydrogen) atoms. The van der Waals surface area contributed by atoms with Crippen LogP contribution >= 0.6 is 0 Å². The first-order chi connectivity index (χ1) is 16.9. The molecule has 9 heteroatoms. The SMILES string of the molecule is COc1ccc(CCN2C(=O)C(CC(=O)Nc3ccc(F)c(F)c3)n3c2nc2ccccc23)cc1. The fourth-order valence-corrected chi connectivity index (χ4v) is 4.30. The molecule has 7 nitrogen and oxygen atoms in total. The molecule has 4 aromatic rings. The van der Waals surface area contributed by atoms with Crippen LogP contribution in [0.25, 0.3) is 11.0 Å². The van der Waals surface area contributed by atoms with E-state index in [1.165, 1.54) is 6.07 Å². The molecule has 0 bridgehead atoms. The van der Waals surface area contributed by atoms with E-state index in [4.69, 9.17) is 4.74 Å². The lowest BCUT2D eigenvalue weighted by Crippen LogP contribution is -2.33. The molecule has 1 aliphatic rings. The largest absolute Gasteiger partial charge is 0.497 e. The maximum absolute atomic E-state index is 13.5. The van der Waals surface area contributed by atoms with Gasteiger partial charge in [-0.2, -0.15) is 0 Å². The Hall–Kier alpha value is -4.27. The van der Waals surface area contributed by atoms with Crippen molar-refractivity contribution in [3.05, 3.63) is 83.9 Å². The van der Waals surface area contributed by atoms with E-state index < -0.39 is 23.6 Å². The van der Waals surface area contributed by atoms with Crippen LogP contribution in [-0.4, -0.2) is 35.0 Å². The van der Waals surface area contributed by atoms with Gasteiger partial charge in [0, 0.05) is 18.3 Å². The van der Waals surface area contributed by atoms with Gasteiger partial charge in [0.05, 0.1) is 24.6 Å². The first-order valence-corrected chi connectivity index (χ1v) is 11.1. The fraction of sp³-hybridized carbons (Fsp3) is 0.192. The van der Waals surface area contributed by atoms with Crippen molar-refractivity contribution in [1.82, 2.24) is 9.55 Å². The number of nitrogens with zero attached hydrogens (tertiary/aromatic N) is 3. The highest BCUT2D eigenvalue weighted by Gasteiger charge is 2.40. The van der Waals surface area contributed by atoms with Gasteiger partial charge >= 0.3 is 0 Å². The van der Waals surface area contributed by atoms with Crippen molar-refractivity contribution in [3.63, 3.8) is 0 Å². The molecule has 3 aromatic carbocycles. The first-order valence-electron chi connectivity index (χ1n) is 11.1. The number of benzene rings is 3. The van der Waals surface area contributed by atoms with Crippen LogP contribution in [0.5, 0.6) is 5.75 Å². The number of halogens is 2. The summed E-state index contributed by atoms with van der Waals surface area (Å²) >= 11 is 0. The zero-order valence-corrected chi connectivity index (χ0v) is 18.9. The summed E-state index contributed by atoms with van der Waals surface area (Å²) in [4.78, 5) is 32.5. The summed E-state index contributed by atoms with van der Waals surface area (Å²) in [6.07, 6.45) is 0.414. The number of carbonyl (C=O) groups excluding carboxylic acids is 2. The predicted molar refractivity (Wildman–Crippen MR) is 127 cm³/mol. The van der Waals surface area contributed by atoms with E-state index in [0.29, 0.717) is 18.9 Å². The highest BCUT2D eigenvalue weighted by molar-refractivity contribution is 6.05. The molecule has 0 saturated heterocycles. The molecule has 1 aliphatic heterocycles. The number of ether oxygens (including phenoxy) is 1. The van der Waals surface area contributed by atoms with Gasteiger partial charge in [-0.1, -0.05) is 24.3 Å². The summed E-state index contributed by atoms with van der Waals surface area (Å²) in [5.41, 5.74) is 2.61. The van der Waals surface area contributed by atoms with Gasteiger partial charge in [-0.25, -0.2) is 13.8 Å². The molecule has 0 fully saturated rings. The molecule has 2 amide bonds. The van der Waals surface area contributed by atoms with Crippen molar-refractivity contribution < 1.29 is 23.1 Å². The number of fused-ring (bicyclic) bond motifs is 3. The third-order valence-electron chi connectivity index (χ3n) is 6.05. The molecule has 178 valence electrons. The van der Waals surface area contributed by atoms with Gasteiger partial charge in [-0.3, -0.25) is 19.1 Å². The van der Waals surface area contributed by atoms with Gasteiger partial charge < -0.3 is 10.1 Å². The molecule has 1 atom stereocenters. The number of amides is 2. The van der Waals surface area contributed by atoms with Gasteiger partial charge in [0.1, 0.15) is 11.8 Å². The first kappa shape index (κ1) is 22.5. The van der Waals surface area contributed by atoms with Gasteiger partial charge in [-0.05, 0) is 48.4 Å². The molecular weight excluding hydrogens is 454 g/mol. The quantitative estimate of drug-likeness (QED) is 0.427. The molecule has 1 N–H and O–H groups in total. The Labute approximate surface area is 199 Å². The Morgan fingerprint density at radius 3 is 2.57 bits per heavy atom. The second kappa shape index (κ2) is 9.17. The van der Waals surface area contributed by atoms with E-state index in [1.807, 2.05) is 48.5 Å². The number of nitrogens with one attached hydrogen (secondary N) is 1. The van der Waals surface area contributed by atoms with Crippen molar-refractivity contribution in [2.45, 2.75) is 18.9 Å². The van der Waals surface area contributed by atoms with Gasteiger partial charge in [0.25, 0.3) is 5.91 Å². The van der Waals surface area contributed by atoms with E-state index in [1.54, 1.807) is 16.6 Å². The standard InChI is InChI=1S/C26H22F2N4O3/c1-35-18-9-6-16(7-10-18)12-13-31-25(34)23(32-22-5-3-2-4-21(22)30-26(31)32)15-24(33)29-17-8-11-19(27)20(28)14-17/h2-11,14,23H,12-13,15H2,1H3,(H,29,33). The van der Waals surface area contributed by atoms with E-state index in [0.717, 1.165) is 34.5 Å². The Balaban J connectivity index is 1.39. The maximum Gasteiger partial charge on any atom is 0.253 e. The van der Waals surface area contributed by atoms with Crippen LogP contribution in [0.3, 0.4) is 0 Å². The van der Waals surface area contributed by atoms with Crippen LogP contribution in [0.15, 0.2) is 66.7 Å². The average Bonchev–Trinajstić information content (AvgIpc) is 3.35. The normalized spacial score (nSPS) is 14.9. The number of rotatable bonds is 7. The number of methoxy groups -OCH3 is 1. The van der Waals surface area contributed by atoms with Gasteiger partial charge in [0.2, 0.25) is 11.9 Å². The number of aromatic nitrogens is 2. The van der Waals surface area contributed by atoms with Crippen molar-refractivity contribution >= 4 is 34.5 Å². The Morgan fingerprint density at radius 1 is 1.06 bits per heavy atom. The van der Waals surface area contributed by atoms with E-state index >= 15 is 0 Å². The van der Waals surface area contributed by atoms with E-state index in [-0.39, 0.29) is 18.0 Å². The third-order valence-corrected chi connectivity index (χ3v) is 6.05. The minimum Gasteiger partial charge on any atom is -0.497 e. The third kappa shape index (κ3) is 4.32. The summed E-state index contributed by atoms with van der Waals surface area (Å²) in [7, 11) is 1.60. The fourth-order valence-electron chi connectivity index (χ4n) is 4.30.